The Morgan fingerprint density at radius 1 is 1.28 bits per heavy atom. The van der Waals surface area contributed by atoms with Crippen molar-refractivity contribution in [1.29, 1.82) is 0 Å². The van der Waals surface area contributed by atoms with Gasteiger partial charge in [0.2, 0.25) is 5.89 Å². The molecule has 18 heavy (non-hydrogen) atoms. The van der Waals surface area contributed by atoms with E-state index in [1.54, 1.807) is 0 Å². The van der Waals surface area contributed by atoms with Gasteiger partial charge < -0.3 is 9.84 Å². The lowest BCUT2D eigenvalue weighted by atomic mass is 9.76. The summed E-state index contributed by atoms with van der Waals surface area (Å²) in [6, 6.07) is 11.3. The Kier molecular flexibility index (Phi) is 3.11. The summed E-state index contributed by atoms with van der Waals surface area (Å²) < 4.78 is 5.07. The molecule has 4 heteroatoms. The number of nitrogens with zero attached hydrogens (tertiary/aromatic N) is 2. The predicted molar refractivity (Wildman–Crippen MR) is 68.1 cm³/mol. The first-order valence-electron chi connectivity index (χ1n) is 6.39. The molecular weight excluding hydrogens is 226 g/mol. The van der Waals surface area contributed by atoms with Crippen LogP contribution in [-0.4, -0.2) is 16.2 Å². The van der Waals surface area contributed by atoms with E-state index < -0.39 is 0 Å². The van der Waals surface area contributed by atoms with Gasteiger partial charge in [-0.1, -0.05) is 35.5 Å². The largest absolute Gasteiger partial charge is 0.338 e. The van der Waals surface area contributed by atoms with Crippen molar-refractivity contribution >= 4 is 0 Å². The molecule has 1 N–H and O–H groups in total. The Hall–Kier alpha value is -1.68. The normalized spacial score (nSPS) is 22.7. The van der Waals surface area contributed by atoms with E-state index in [9.17, 15) is 0 Å². The van der Waals surface area contributed by atoms with Gasteiger partial charge in [0.1, 0.15) is 0 Å². The molecule has 1 fully saturated rings. The number of hydrogen-bond acceptors (Lipinski definition) is 4. The number of aryl methyl sites for hydroxylation is 1. The van der Waals surface area contributed by atoms with Crippen LogP contribution in [0.1, 0.15) is 36.0 Å². The first kappa shape index (κ1) is 11.4. The van der Waals surface area contributed by atoms with E-state index in [-0.39, 0.29) is 0 Å². The summed E-state index contributed by atoms with van der Waals surface area (Å²) in [4.78, 5) is 4.18. The zero-order valence-electron chi connectivity index (χ0n) is 10.5. The Morgan fingerprint density at radius 2 is 2.06 bits per heavy atom. The standard InChI is InChI=1S/C14H17N3O/c1-10-16-14(18-17-10)9-15-13-7-12(8-13)11-5-3-2-4-6-11/h2-6,12-13,15H,7-9H2,1H3. The van der Waals surface area contributed by atoms with Gasteiger partial charge in [0.25, 0.3) is 0 Å². The summed E-state index contributed by atoms with van der Waals surface area (Å²) in [6.45, 7) is 2.51. The highest BCUT2D eigenvalue weighted by molar-refractivity contribution is 5.22. The number of hydrogen-bond donors (Lipinski definition) is 1. The monoisotopic (exact) mass is 243 g/mol. The molecule has 0 radical (unpaired) electrons. The van der Waals surface area contributed by atoms with Crippen molar-refractivity contribution < 1.29 is 4.52 Å². The second-order valence-electron chi connectivity index (χ2n) is 4.89. The van der Waals surface area contributed by atoms with E-state index >= 15 is 0 Å². The number of rotatable bonds is 4. The van der Waals surface area contributed by atoms with Crippen molar-refractivity contribution in [2.45, 2.75) is 38.3 Å². The Bertz CT molecular complexity index is 503. The summed E-state index contributed by atoms with van der Waals surface area (Å²) in [5.74, 6) is 2.08. The van der Waals surface area contributed by atoms with Crippen LogP contribution in [0.2, 0.25) is 0 Å². The van der Waals surface area contributed by atoms with Crippen LogP contribution in [0.3, 0.4) is 0 Å². The van der Waals surface area contributed by atoms with Crippen LogP contribution in [0.5, 0.6) is 0 Å². The molecule has 1 aliphatic rings. The minimum atomic E-state index is 0.572. The van der Waals surface area contributed by atoms with Gasteiger partial charge in [-0.15, -0.1) is 0 Å². The molecule has 2 aromatic rings. The van der Waals surface area contributed by atoms with E-state index in [1.165, 1.54) is 18.4 Å². The zero-order valence-corrected chi connectivity index (χ0v) is 10.5. The van der Waals surface area contributed by atoms with Crippen LogP contribution in [0.15, 0.2) is 34.9 Å². The highest BCUT2D eigenvalue weighted by atomic mass is 16.5. The van der Waals surface area contributed by atoms with Gasteiger partial charge in [0.05, 0.1) is 6.54 Å². The molecule has 1 aliphatic carbocycles. The van der Waals surface area contributed by atoms with Gasteiger partial charge in [0.15, 0.2) is 5.82 Å². The van der Waals surface area contributed by atoms with Crippen molar-refractivity contribution in [3.05, 3.63) is 47.6 Å². The molecule has 0 saturated heterocycles. The van der Waals surface area contributed by atoms with E-state index in [2.05, 4.69) is 45.8 Å². The fourth-order valence-electron chi connectivity index (χ4n) is 2.43. The van der Waals surface area contributed by atoms with Gasteiger partial charge in [0, 0.05) is 6.04 Å². The molecule has 0 atom stereocenters. The van der Waals surface area contributed by atoms with Gasteiger partial charge in [-0.05, 0) is 31.2 Å². The van der Waals surface area contributed by atoms with Crippen LogP contribution >= 0.6 is 0 Å². The molecule has 0 unspecified atom stereocenters. The smallest absolute Gasteiger partial charge is 0.240 e. The second-order valence-corrected chi connectivity index (χ2v) is 4.89. The molecule has 0 aliphatic heterocycles. The lowest BCUT2D eigenvalue weighted by Crippen LogP contribution is -2.39. The quantitative estimate of drug-likeness (QED) is 0.896. The van der Waals surface area contributed by atoms with Crippen LogP contribution in [0, 0.1) is 6.92 Å². The van der Waals surface area contributed by atoms with Crippen molar-refractivity contribution in [3.8, 4) is 0 Å². The third-order valence-corrected chi connectivity index (χ3v) is 3.52. The molecule has 0 bridgehead atoms. The van der Waals surface area contributed by atoms with E-state index in [0.717, 1.165) is 0 Å². The minimum Gasteiger partial charge on any atom is -0.338 e. The predicted octanol–water partition coefficient (Wildman–Crippen LogP) is 2.41. The maximum Gasteiger partial charge on any atom is 0.240 e. The third-order valence-electron chi connectivity index (χ3n) is 3.52. The van der Waals surface area contributed by atoms with E-state index in [4.69, 9.17) is 4.52 Å². The summed E-state index contributed by atoms with van der Waals surface area (Å²) in [5, 5.41) is 7.23. The molecule has 1 heterocycles. The number of benzene rings is 1. The van der Waals surface area contributed by atoms with Crippen molar-refractivity contribution in [2.75, 3.05) is 0 Å². The Labute approximate surface area is 106 Å². The maximum atomic E-state index is 5.07. The average Bonchev–Trinajstić information content (AvgIpc) is 2.74. The molecule has 94 valence electrons. The van der Waals surface area contributed by atoms with E-state index in [0.29, 0.717) is 30.2 Å². The van der Waals surface area contributed by atoms with Crippen LogP contribution in [0.4, 0.5) is 0 Å². The van der Waals surface area contributed by atoms with Gasteiger partial charge >= 0.3 is 0 Å². The Morgan fingerprint density at radius 3 is 2.72 bits per heavy atom. The minimum absolute atomic E-state index is 0.572. The van der Waals surface area contributed by atoms with Crippen molar-refractivity contribution in [1.82, 2.24) is 15.5 Å². The number of aromatic nitrogens is 2. The lowest BCUT2D eigenvalue weighted by Gasteiger charge is -2.36. The van der Waals surface area contributed by atoms with Crippen LogP contribution < -0.4 is 5.32 Å². The molecule has 1 aromatic carbocycles. The molecule has 1 saturated carbocycles. The first-order chi connectivity index (χ1) is 8.81. The van der Waals surface area contributed by atoms with Gasteiger partial charge in [-0.3, -0.25) is 0 Å². The third kappa shape index (κ3) is 2.43. The SMILES string of the molecule is Cc1noc(CNC2CC(c3ccccc3)C2)n1. The fraction of sp³-hybridized carbons (Fsp3) is 0.429. The molecule has 0 amide bonds. The van der Waals surface area contributed by atoms with Crippen LogP contribution in [0.25, 0.3) is 0 Å². The average molecular weight is 243 g/mol. The molecule has 3 rings (SSSR count). The highest BCUT2D eigenvalue weighted by Crippen LogP contribution is 2.36. The lowest BCUT2D eigenvalue weighted by molar-refractivity contribution is 0.271. The number of nitrogens with one attached hydrogen (secondary N) is 1. The summed E-state index contributed by atoms with van der Waals surface area (Å²) in [7, 11) is 0. The molecule has 4 nitrogen and oxygen atoms in total. The van der Waals surface area contributed by atoms with Gasteiger partial charge in [-0.25, -0.2) is 0 Å². The molecule has 0 spiro atoms. The van der Waals surface area contributed by atoms with Gasteiger partial charge in [-0.2, -0.15) is 4.98 Å². The van der Waals surface area contributed by atoms with Crippen molar-refractivity contribution in [2.24, 2.45) is 0 Å². The highest BCUT2D eigenvalue weighted by Gasteiger charge is 2.29. The maximum absolute atomic E-state index is 5.07. The topological polar surface area (TPSA) is 51.0 Å². The molecule has 1 aromatic heterocycles. The first-order valence-corrected chi connectivity index (χ1v) is 6.39. The second kappa shape index (κ2) is 4.90. The zero-order chi connectivity index (χ0) is 12.4. The molecular formula is C14H17N3O. The van der Waals surface area contributed by atoms with Crippen molar-refractivity contribution in [3.63, 3.8) is 0 Å². The Balaban J connectivity index is 1.46. The summed E-state index contributed by atoms with van der Waals surface area (Å²) in [6.07, 6.45) is 2.38. The van der Waals surface area contributed by atoms with E-state index in [1.807, 2.05) is 6.92 Å². The summed E-state index contributed by atoms with van der Waals surface area (Å²) in [5.41, 5.74) is 1.45. The fourth-order valence-corrected chi connectivity index (χ4v) is 2.43. The van der Waals surface area contributed by atoms with Crippen LogP contribution in [-0.2, 0) is 6.54 Å². The summed E-state index contributed by atoms with van der Waals surface area (Å²) >= 11 is 0.